The highest BCUT2D eigenvalue weighted by Crippen LogP contribution is 2.46. The number of anilines is 1. The molecule has 3 aromatic rings. The van der Waals surface area contributed by atoms with Gasteiger partial charge in [-0.05, 0) is 41.2 Å². The number of aromatic nitrogens is 3. The van der Waals surface area contributed by atoms with Gasteiger partial charge in [-0.2, -0.15) is 4.98 Å². The highest BCUT2D eigenvalue weighted by molar-refractivity contribution is 7.98. The SMILES string of the molecule is COc1ccc(C2C3=C(CC(C)(C)CC3=O)Nc3nc(SCc4ccccc4F)nn32)cc1OC. The summed E-state index contributed by atoms with van der Waals surface area (Å²) >= 11 is 1.35. The van der Waals surface area contributed by atoms with Crippen LogP contribution in [0.4, 0.5) is 10.3 Å². The average Bonchev–Trinajstić information content (AvgIpc) is 3.23. The number of ketones is 1. The predicted molar refractivity (Wildman–Crippen MR) is 132 cm³/mol. The number of hydrogen-bond acceptors (Lipinski definition) is 7. The Morgan fingerprint density at radius 2 is 1.91 bits per heavy atom. The smallest absolute Gasteiger partial charge is 0.227 e. The lowest BCUT2D eigenvalue weighted by Crippen LogP contribution is -2.36. The Morgan fingerprint density at radius 1 is 1.14 bits per heavy atom. The van der Waals surface area contributed by atoms with Crippen LogP contribution >= 0.6 is 11.8 Å². The van der Waals surface area contributed by atoms with Crippen LogP contribution in [-0.4, -0.2) is 34.8 Å². The molecule has 7 nitrogen and oxygen atoms in total. The number of methoxy groups -OCH3 is 2. The lowest BCUT2D eigenvalue weighted by Gasteiger charge is -2.38. The van der Waals surface area contributed by atoms with Crippen molar-refractivity contribution >= 4 is 23.5 Å². The normalized spacial score (nSPS) is 18.5. The number of carbonyl (C=O) groups excluding carboxylic acids is 1. The zero-order valence-corrected chi connectivity index (χ0v) is 20.9. The van der Waals surface area contributed by atoms with Crippen LogP contribution < -0.4 is 14.8 Å². The largest absolute Gasteiger partial charge is 0.493 e. The van der Waals surface area contributed by atoms with Gasteiger partial charge in [-0.1, -0.05) is 49.9 Å². The molecule has 1 unspecified atom stereocenters. The van der Waals surface area contributed by atoms with Gasteiger partial charge in [0, 0.05) is 23.4 Å². The minimum atomic E-state index is -0.458. The first kappa shape index (κ1) is 23.4. The fraction of sp³-hybridized carbons (Fsp3) is 0.346. The first-order valence-electron chi connectivity index (χ1n) is 11.4. The number of Topliss-reactive ketones (excluding diaryl/α,β-unsaturated/α-hetero) is 1. The van der Waals surface area contributed by atoms with E-state index in [0.29, 0.717) is 45.9 Å². The van der Waals surface area contributed by atoms with Crippen molar-refractivity contribution in [2.24, 2.45) is 5.41 Å². The molecule has 2 aromatic carbocycles. The van der Waals surface area contributed by atoms with E-state index in [2.05, 4.69) is 19.2 Å². The molecule has 9 heteroatoms. The highest BCUT2D eigenvalue weighted by Gasteiger charge is 2.42. The van der Waals surface area contributed by atoms with Crippen LogP contribution in [0.2, 0.25) is 0 Å². The van der Waals surface area contributed by atoms with E-state index in [1.165, 1.54) is 17.8 Å². The second-order valence-electron chi connectivity index (χ2n) is 9.52. The van der Waals surface area contributed by atoms with E-state index in [1.807, 2.05) is 24.3 Å². The molecule has 1 atom stereocenters. The number of carbonyl (C=O) groups is 1. The third-order valence-electron chi connectivity index (χ3n) is 6.35. The van der Waals surface area contributed by atoms with Crippen LogP contribution in [-0.2, 0) is 10.5 Å². The van der Waals surface area contributed by atoms with E-state index in [9.17, 15) is 9.18 Å². The second kappa shape index (κ2) is 9.03. The maximum atomic E-state index is 14.1. The fourth-order valence-electron chi connectivity index (χ4n) is 4.74. The van der Waals surface area contributed by atoms with E-state index in [4.69, 9.17) is 19.6 Å². The molecule has 0 bridgehead atoms. The number of nitrogens with zero attached hydrogens (tertiary/aromatic N) is 3. The molecule has 0 saturated carbocycles. The monoisotopic (exact) mass is 494 g/mol. The summed E-state index contributed by atoms with van der Waals surface area (Å²) in [6.07, 6.45) is 1.18. The van der Waals surface area contributed by atoms with E-state index in [-0.39, 0.29) is 17.0 Å². The number of thioether (sulfide) groups is 1. The van der Waals surface area contributed by atoms with Crippen molar-refractivity contribution in [2.45, 2.75) is 43.6 Å². The Hall–Kier alpha value is -3.33. The number of hydrogen-bond donors (Lipinski definition) is 1. The number of benzene rings is 2. The summed E-state index contributed by atoms with van der Waals surface area (Å²) in [7, 11) is 3.17. The fourth-order valence-corrected chi connectivity index (χ4v) is 5.55. The van der Waals surface area contributed by atoms with Crippen molar-refractivity contribution in [1.29, 1.82) is 0 Å². The summed E-state index contributed by atoms with van der Waals surface area (Å²) in [6.45, 7) is 4.19. The Balaban J connectivity index is 1.56. The molecular weight excluding hydrogens is 467 g/mol. The predicted octanol–water partition coefficient (Wildman–Crippen LogP) is 5.38. The molecule has 2 aliphatic rings. The molecule has 35 heavy (non-hydrogen) atoms. The molecular formula is C26H27FN4O3S. The molecule has 182 valence electrons. The topological polar surface area (TPSA) is 78.3 Å². The molecule has 1 N–H and O–H groups in total. The van der Waals surface area contributed by atoms with Gasteiger partial charge in [0.25, 0.3) is 0 Å². The molecule has 0 spiro atoms. The molecule has 1 aromatic heterocycles. The first-order valence-corrected chi connectivity index (χ1v) is 12.4. The quantitative estimate of drug-likeness (QED) is 0.461. The van der Waals surface area contributed by atoms with Crippen LogP contribution in [0.15, 0.2) is 58.9 Å². The van der Waals surface area contributed by atoms with Crippen molar-refractivity contribution in [2.75, 3.05) is 19.5 Å². The van der Waals surface area contributed by atoms with Gasteiger partial charge in [0.2, 0.25) is 11.1 Å². The van der Waals surface area contributed by atoms with Crippen molar-refractivity contribution < 1.29 is 18.7 Å². The summed E-state index contributed by atoms with van der Waals surface area (Å²) in [5.41, 5.74) is 2.84. The van der Waals surface area contributed by atoms with E-state index < -0.39 is 6.04 Å². The molecule has 5 rings (SSSR count). The van der Waals surface area contributed by atoms with Gasteiger partial charge in [0.05, 0.1) is 14.2 Å². The van der Waals surface area contributed by atoms with Gasteiger partial charge in [-0.3, -0.25) is 4.79 Å². The standard InChI is InChI=1S/C26H27FN4O3S/c1-26(2)12-18-22(19(32)13-26)23(15-9-10-20(33-3)21(11-15)34-4)31-24(28-18)29-25(30-31)35-14-16-7-5-6-8-17(16)27/h5-11,23H,12-14H2,1-4H3,(H,28,29,30). The summed E-state index contributed by atoms with van der Waals surface area (Å²) in [5, 5.41) is 8.62. The Labute approximate surface area is 207 Å². The van der Waals surface area contributed by atoms with Gasteiger partial charge < -0.3 is 14.8 Å². The Morgan fingerprint density at radius 3 is 2.66 bits per heavy atom. The highest BCUT2D eigenvalue weighted by atomic mass is 32.2. The minimum Gasteiger partial charge on any atom is -0.493 e. The number of halogens is 1. The van der Waals surface area contributed by atoms with Gasteiger partial charge >= 0.3 is 0 Å². The lowest BCUT2D eigenvalue weighted by atomic mass is 9.73. The van der Waals surface area contributed by atoms with Crippen molar-refractivity contribution in [3.05, 3.63) is 70.7 Å². The van der Waals surface area contributed by atoms with Crippen molar-refractivity contribution in [3.63, 3.8) is 0 Å². The third kappa shape index (κ3) is 4.40. The van der Waals surface area contributed by atoms with Gasteiger partial charge in [-0.15, -0.1) is 5.10 Å². The Kier molecular flexibility index (Phi) is 6.04. The second-order valence-corrected chi connectivity index (χ2v) is 10.5. The van der Waals surface area contributed by atoms with E-state index in [1.54, 1.807) is 31.0 Å². The van der Waals surface area contributed by atoms with Crippen LogP contribution in [0.25, 0.3) is 0 Å². The van der Waals surface area contributed by atoms with E-state index >= 15 is 0 Å². The maximum absolute atomic E-state index is 14.1. The number of rotatable bonds is 6. The molecule has 0 fully saturated rings. The van der Waals surface area contributed by atoms with Crippen LogP contribution in [0.1, 0.15) is 43.9 Å². The molecule has 0 radical (unpaired) electrons. The number of allylic oxidation sites excluding steroid dienone is 2. The zero-order valence-electron chi connectivity index (χ0n) is 20.1. The zero-order chi connectivity index (χ0) is 24.7. The van der Waals surface area contributed by atoms with Crippen molar-refractivity contribution in [1.82, 2.24) is 14.8 Å². The summed E-state index contributed by atoms with van der Waals surface area (Å²) < 4.78 is 26.8. The first-order chi connectivity index (χ1) is 16.8. The average molecular weight is 495 g/mol. The van der Waals surface area contributed by atoms with E-state index in [0.717, 1.165) is 17.7 Å². The van der Waals surface area contributed by atoms with Crippen molar-refractivity contribution in [3.8, 4) is 11.5 Å². The van der Waals surface area contributed by atoms with Crippen LogP contribution in [0.3, 0.4) is 0 Å². The molecule has 0 saturated heterocycles. The van der Waals surface area contributed by atoms with Gasteiger partial charge in [0.1, 0.15) is 11.9 Å². The molecule has 1 aliphatic heterocycles. The summed E-state index contributed by atoms with van der Waals surface area (Å²) in [6, 6.07) is 11.9. The lowest BCUT2D eigenvalue weighted by molar-refractivity contribution is -0.118. The number of ether oxygens (including phenoxy) is 2. The summed E-state index contributed by atoms with van der Waals surface area (Å²) in [5.74, 6) is 1.97. The summed E-state index contributed by atoms with van der Waals surface area (Å²) in [4.78, 5) is 18.1. The molecule has 0 amide bonds. The van der Waals surface area contributed by atoms with Gasteiger partial charge in [-0.25, -0.2) is 9.07 Å². The Bertz CT molecular complexity index is 1330. The van der Waals surface area contributed by atoms with Gasteiger partial charge in [0.15, 0.2) is 17.3 Å². The van der Waals surface area contributed by atoms with Crippen LogP contribution in [0, 0.1) is 11.2 Å². The third-order valence-corrected chi connectivity index (χ3v) is 7.24. The minimum absolute atomic E-state index is 0.0882. The number of fused-ring (bicyclic) bond motifs is 1. The maximum Gasteiger partial charge on any atom is 0.227 e. The van der Waals surface area contributed by atoms with Crippen LogP contribution in [0.5, 0.6) is 11.5 Å². The molecule has 2 heterocycles. The number of nitrogens with one attached hydrogen (secondary N) is 1. The molecule has 1 aliphatic carbocycles.